The number of amides is 2. The van der Waals surface area contributed by atoms with E-state index in [0.29, 0.717) is 5.02 Å². The van der Waals surface area contributed by atoms with Crippen molar-refractivity contribution in [3.8, 4) is 5.75 Å². The molecule has 27 heavy (non-hydrogen) atoms. The van der Waals surface area contributed by atoms with Gasteiger partial charge < -0.3 is 15.4 Å². The number of halogens is 2. The molecule has 2 rings (SSSR count). The van der Waals surface area contributed by atoms with Crippen LogP contribution in [0, 0.1) is 0 Å². The lowest BCUT2D eigenvalue weighted by atomic mass is 10.2. The molecule has 2 amide bonds. The molecule has 0 aliphatic heterocycles. The van der Waals surface area contributed by atoms with E-state index in [1.54, 1.807) is 0 Å². The van der Waals surface area contributed by atoms with E-state index in [1.807, 2.05) is 0 Å². The van der Waals surface area contributed by atoms with Gasteiger partial charge in [0.2, 0.25) is 15.9 Å². The Balaban J connectivity index is 2.08. The molecule has 2 aromatic carbocycles. The lowest BCUT2D eigenvalue weighted by Gasteiger charge is -2.12. The predicted molar refractivity (Wildman–Crippen MR) is 102 cm³/mol. The Morgan fingerprint density at radius 2 is 1.85 bits per heavy atom. The molecule has 0 saturated carbocycles. The Morgan fingerprint density at radius 3 is 2.44 bits per heavy atom. The second-order valence-electron chi connectivity index (χ2n) is 5.26. The van der Waals surface area contributed by atoms with E-state index in [4.69, 9.17) is 33.1 Å². The highest BCUT2D eigenvalue weighted by molar-refractivity contribution is 7.89. The average molecular weight is 432 g/mol. The third kappa shape index (κ3) is 5.57. The molecule has 11 heteroatoms. The van der Waals surface area contributed by atoms with Crippen LogP contribution in [0.15, 0.2) is 41.3 Å². The number of nitrogens with one attached hydrogen (secondary N) is 2. The molecule has 0 aliphatic rings. The van der Waals surface area contributed by atoms with Crippen molar-refractivity contribution in [3.63, 3.8) is 0 Å². The molecule has 0 saturated heterocycles. The van der Waals surface area contributed by atoms with Gasteiger partial charge in [-0.15, -0.1) is 0 Å². The second kappa shape index (κ2) is 8.57. The Kier molecular flexibility index (Phi) is 6.66. The fourth-order valence-corrected chi connectivity index (χ4v) is 3.12. The number of primary sulfonamides is 1. The van der Waals surface area contributed by atoms with Crippen LogP contribution < -0.4 is 20.5 Å². The number of hydrogen-bond donors (Lipinski definition) is 3. The molecule has 0 aromatic heterocycles. The van der Waals surface area contributed by atoms with Gasteiger partial charge in [0.1, 0.15) is 5.75 Å². The van der Waals surface area contributed by atoms with Gasteiger partial charge in [0.05, 0.1) is 34.8 Å². The molecule has 144 valence electrons. The minimum atomic E-state index is -3.96. The van der Waals surface area contributed by atoms with Crippen molar-refractivity contribution in [3.05, 3.63) is 52.0 Å². The standard InChI is InChI=1S/C16H15Cl2N3O5S/c1-26-14-5-3-10(27(19,24)25)7-13(14)21-15(22)8-20-16(23)11-4-2-9(17)6-12(11)18/h2-7H,8H2,1H3,(H,20,23)(H,21,22)(H2,19,24,25). The highest BCUT2D eigenvalue weighted by Gasteiger charge is 2.16. The van der Waals surface area contributed by atoms with Crippen LogP contribution in [0.1, 0.15) is 10.4 Å². The van der Waals surface area contributed by atoms with Gasteiger partial charge in [-0.3, -0.25) is 9.59 Å². The number of rotatable bonds is 6. The number of sulfonamides is 1. The first-order chi connectivity index (χ1) is 12.6. The van der Waals surface area contributed by atoms with E-state index in [9.17, 15) is 18.0 Å². The van der Waals surface area contributed by atoms with E-state index in [2.05, 4.69) is 10.6 Å². The van der Waals surface area contributed by atoms with Crippen LogP contribution in [0.4, 0.5) is 5.69 Å². The summed E-state index contributed by atoms with van der Waals surface area (Å²) >= 11 is 11.7. The number of methoxy groups -OCH3 is 1. The van der Waals surface area contributed by atoms with Gasteiger partial charge in [-0.1, -0.05) is 23.2 Å². The van der Waals surface area contributed by atoms with E-state index in [-0.39, 0.29) is 33.5 Å². The van der Waals surface area contributed by atoms with Gasteiger partial charge in [0, 0.05) is 5.02 Å². The molecule has 0 atom stereocenters. The minimum absolute atomic E-state index is 0.0906. The first kappa shape index (κ1) is 21.0. The Bertz CT molecular complexity index is 996. The second-order valence-corrected chi connectivity index (χ2v) is 7.67. The minimum Gasteiger partial charge on any atom is -0.495 e. The van der Waals surface area contributed by atoms with Gasteiger partial charge in [-0.25, -0.2) is 13.6 Å². The Labute approximate surface area is 165 Å². The van der Waals surface area contributed by atoms with Gasteiger partial charge in [0.25, 0.3) is 5.91 Å². The van der Waals surface area contributed by atoms with Crippen LogP contribution in [0.3, 0.4) is 0 Å². The summed E-state index contributed by atoms with van der Waals surface area (Å²) in [5.41, 5.74) is 0.246. The third-order valence-electron chi connectivity index (χ3n) is 3.36. The summed E-state index contributed by atoms with van der Waals surface area (Å²) in [5.74, 6) is -0.960. The van der Waals surface area contributed by atoms with Crippen molar-refractivity contribution in [1.29, 1.82) is 0 Å². The highest BCUT2D eigenvalue weighted by Crippen LogP contribution is 2.27. The maximum absolute atomic E-state index is 12.1. The zero-order valence-corrected chi connectivity index (χ0v) is 16.3. The molecule has 0 heterocycles. The number of ether oxygens (including phenoxy) is 1. The summed E-state index contributed by atoms with van der Waals surface area (Å²) < 4.78 is 28.0. The summed E-state index contributed by atoms with van der Waals surface area (Å²) in [7, 11) is -2.61. The molecule has 0 bridgehead atoms. The molecule has 0 radical (unpaired) electrons. The fourth-order valence-electron chi connectivity index (χ4n) is 2.09. The van der Waals surface area contributed by atoms with Crippen molar-refractivity contribution in [1.82, 2.24) is 5.32 Å². The first-order valence-electron chi connectivity index (χ1n) is 7.35. The summed E-state index contributed by atoms with van der Waals surface area (Å²) in [4.78, 5) is 24.0. The van der Waals surface area contributed by atoms with Crippen LogP contribution >= 0.6 is 23.2 Å². The van der Waals surface area contributed by atoms with E-state index in [1.165, 1.54) is 37.4 Å². The highest BCUT2D eigenvalue weighted by atomic mass is 35.5. The maximum atomic E-state index is 12.1. The van der Waals surface area contributed by atoms with Crippen molar-refractivity contribution in [2.24, 2.45) is 5.14 Å². The Hall–Kier alpha value is -2.33. The zero-order valence-electron chi connectivity index (χ0n) is 14.0. The largest absolute Gasteiger partial charge is 0.495 e. The lowest BCUT2D eigenvalue weighted by Crippen LogP contribution is -2.33. The predicted octanol–water partition coefficient (Wildman–Crippen LogP) is 2.02. The van der Waals surface area contributed by atoms with Crippen molar-refractivity contribution < 1.29 is 22.7 Å². The summed E-state index contributed by atoms with van der Waals surface area (Å²) in [6, 6.07) is 8.07. The van der Waals surface area contributed by atoms with Crippen LogP contribution in [0.5, 0.6) is 5.75 Å². The smallest absolute Gasteiger partial charge is 0.253 e. The van der Waals surface area contributed by atoms with E-state index < -0.39 is 21.8 Å². The molecular formula is C16H15Cl2N3O5S. The molecule has 0 spiro atoms. The molecule has 4 N–H and O–H groups in total. The Morgan fingerprint density at radius 1 is 1.15 bits per heavy atom. The molecule has 0 unspecified atom stereocenters. The van der Waals surface area contributed by atoms with E-state index in [0.717, 1.165) is 6.07 Å². The van der Waals surface area contributed by atoms with Crippen LogP contribution in [-0.2, 0) is 14.8 Å². The van der Waals surface area contributed by atoms with Crippen LogP contribution in [0.25, 0.3) is 0 Å². The van der Waals surface area contributed by atoms with Crippen molar-refractivity contribution in [2.45, 2.75) is 4.90 Å². The van der Waals surface area contributed by atoms with Gasteiger partial charge in [0.15, 0.2) is 0 Å². The normalized spacial score (nSPS) is 11.0. The van der Waals surface area contributed by atoms with Crippen molar-refractivity contribution in [2.75, 3.05) is 19.0 Å². The third-order valence-corrected chi connectivity index (χ3v) is 4.82. The van der Waals surface area contributed by atoms with Gasteiger partial charge in [-0.2, -0.15) is 0 Å². The van der Waals surface area contributed by atoms with Gasteiger partial charge >= 0.3 is 0 Å². The monoisotopic (exact) mass is 431 g/mol. The number of anilines is 1. The topological polar surface area (TPSA) is 128 Å². The van der Waals surface area contributed by atoms with Crippen molar-refractivity contribution >= 4 is 50.7 Å². The zero-order chi connectivity index (χ0) is 20.2. The molecule has 0 fully saturated rings. The summed E-state index contributed by atoms with van der Waals surface area (Å²) in [5, 5.41) is 10.4. The van der Waals surface area contributed by atoms with Gasteiger partial charge in [-0.05, 0) is 36.4 Å². The number of benzene rings is 2. The fraction of sp³-hybridized carbons (Fsp3) is 0.125. The quantitative estimate of drug-likeness (QED) is 0.644. The number of nitrogens with two attached hydrogens (primary N) is 1. The molecular weight excluding hydrogens is 417 g/mol. The molecule has 8 nitrogen and oxygen atoms in total. The number of carbonyl (C=O) groups is 2. The summed E-state index contributed by atoms with van der Waals surface area (Å²) in [6.07, 6.45) is 0. The first-order valence-corrected chi connectivity index (χ1v) is 9.66. The maximum Gasteiger partial charge on any atom is 0.253 e. The lowest BCUT2D eigenvalue weighted by molar-refractivity contribution is -0.115. The van der Waals surface area contributed by atoms with E-state index >= 15 is 0 Å². The average Bonchev–Trinajstić information content (AvgIpc) is 2.59. The SMILES string of the molecule is COc1ccc(S(N)(=O)=O)cc1NC(=O)CNC(=O)c1ccc(Cl)cc1Cl. The summed E-state index contributed by atoms with van der Waals surface area (Å²) in [6.45, 7) is -0.388. The molecule has 0 aliphatic carbocycles. The number of hydrogen-bond acceptors (Lipinski definition) is 5. The number of carbonyl (C=O) groups excluding carboxylic acids is 2. The van der Waals surface area contributed by atoms with Crippen LogP contribution in [0.2, 0.25) is 10.0 Å². The van der Waals surface area contributed by atoms with Crippen LogP contribution in [-0.4, -0.2) is 33.9 Å². The molecule has 2 aromatic rings.